The molecule has 0 heterocycles. The van der Waals surface area contributed by atoms with E-state index in [1.807, 2.05) is 7.05 Å². The molecule has 18 heavy (non-hydrogen) atoms. The van der Waals surface area contributed by atoms with Crippen LogP contribution < -0.4 is 11.1 Å². The molecule has 0 radical (unpaired) electrons. The predicted molar refractivity (Wildman–Crippen MR) is 74.1 cm³/mol. The Labute approximate surface area is 108 Å². The van der Waals surface area contributed by atoms with Gasteiger partial charge in [0.05, 0.1) is 11.3 Å². The van der Waals surface area contributed by atoms with E-state index in [4.69, 9.17) is 10.8 Å². The summed E-state index contributed by atoms with van der Waals surface area (Å²) in [5.74, 6) is -0.949. The molecule has 1 aromatic rings. The number of nitrogens with zero attached hydrogens (tertiary/aromatic N) is 1. The normalized spacial score (nSPS) is 10.9. The highest BCUT2D eigenvalue weighted by atomic mass is 16.4. The van der Waals surface area contributed by atoms with Crippen molar-refractivity contribution >= 4 is 17.3 Å². The molecule has 0 aromatic heterocycles. The lowest BCUT2D eigenvalue weighted by Crippen LogP contribution is -2.31. The Balaban J connectivity index is 2.66. The number of aromatic carboxylic acids is 1. The van der Waals surface area contributed by atoms with Crippen LogP contribution in [0.3, 0.4) is 0 Å². The Morgan fingerprint density at radius 2 is 2.17 bits per heavy atom. The van der Waals surface area contributed by atoms with E-state index in [0.717, 1.165) is 6.54 Å². The standard InChI is InChI=1S/C13H21N3O2/c1-9(2)16(3)7-6-15-12-8-10(14)4-5-11(12)13(17)18/h4-5,8-9,15H,6-7,14H2,1-3H3,(H,17,18). The van der Waals surface area contributed by atoms with E-state index in [9.17, 15) is 4.79 Å². The lowest BCUT2D eigenvalue weighted by atomic mass is 10.1. The summed E-state index contributed by atoms with van der Waals surface area (Å²) >= 11 is 0. The Bertz CT molecular complexity index is 419. The summed E-state index contributed by atoms with van der Waals surface area (Å²) in [6, 6.07) is 5.23. The molecule has 0 fully saturated rings. The van der Waals surface area contributed by atoms with E-state index >= 15 is 0 Å². The quantitative estimate of drug-likeness (QED) is 0.671. The molecule has 0 atom stereocenters. The molecule has 100 valence electrons. The number of hydrogen-bond donors (Lipinski definition) is 3. The Kier molecular flexibility index (Phi) is 4.97. The number of anilines is 2. The lowest BCUT2D eigenvalue weighted by Gasteiger charge is -2.21. The SMILES string of the molecule is CC(C)N(C)CCNc1cc(N)ccc1C(=O)O. The molecule has 0 unspecified atom stereocenters. The van der Waals surface area contributed by atoms with Gasteiger partial charge in [0.1, 0.15) is 0 Å². The molecule has 0 amide bonds. The first-order valence-electron chi connectivity index (χ1n) is 5.98. The number of rotatable bonds is 6. The van der Waals surface area contributed by atoms with Crippen LogP contribution in [0.25, 0.3) is 0 Å². The minimum Gasteiger partial charge on any atom is -0.478 e. The number of nitrogen functional groups attached to an aromatic ring is 1. The third-order valence-electron chi connectivity index (χ3n) is 2.94. The molecular weight excluding hydrogens is 230 g/mol. The predicted octanol–water partition coefficient (Wildman–Crippen LogP) is 1.72. The first-order chi connectivity index (χ1) is 8.41. The van der Waals surface area contributed by atoms with Crippen LogP contribution in [-0.2, 0) is 0 Å². The Morgan fingerprint density at radius 1 is 1.50 bits per heavy atom. The van der Waals surface area contributed by atoms with Gasteiger partial charge in [-0.25, -0.2) is 4.79 Å². The number of nitrogens with two attached hydrogens (primary N) is 1. The summed E-state index contributed by atoms with van der Waals surface area (Å²) in [6.45, 7) is 5.75. The van der Waals surface area contributed by atoms with E-state index < -0.39 is 5.97 Å². The van der Waals surface area contributed by atoms with Gasteiger partial charge in [-0.3, -0.25) is 0 Å². The van der Waals surface area contributed by atoms with Crippen molar-refractivity contribution in [2.24, 2.45) is 0 Å². The molecular formula is C13H21N3O2. The molecule has 0 aliphatic heterocycles. The van der Waals surface area contributed by atoms with E-state index in [-0.39, 0.29) is 5.56 Å². The fraction of sp³-hybridized carbons (Fsp3) is 0.462. The van der Waals surface area contributed by atoms with Crippen molar-refractivity contribution in [1.29, 1.82) is 0 Å². The van der Waals surface area contributed by atoms with Gasteiger partial charge in [-0.2, -0.15) is 0 Å². The van der Waals surface area contributed by atoms with Gasteiger partial charge >= 0.3 is 5.97 Å². The molecule has 0 saturated heterocycles. The van der Waals surface area contributed by atoms with Crippen molar-refractivity contribution in [2.75, 3.05) is 31.2 Å². The average molecular weight is 251 g/mol. The van der Waals surface area contributed by atoms with Crippen LogP contribution in [-0.4, -0.2) is 42.2 Å². The molecule has 1 rings (SSSR count). The fourth-order valence-electron chi connectivity index (χ4n) is 1.52. The second-order valence-corrected chi connectivity index (χ2v) is 4.61. The van der Waals surface area contributed by atoms with Crippen molar-refractivity contribution in [3.8, 4) is 0 Å². The molecule has 4 N–H and O–H groups in total. The van der Waals surface area contributed by atoms with Crippen molar-refractivity contribution in [3.05, 3.63) is 23.8 Å². The molecule has 0 bridgehead atoms. The number of benzene rings is 1. The van der Waals surface area contributed by atoms with Crippen LogP contribution in [0.1, 0.15) is 24.2 Å². The van der Waals surface area contributed by atoms with E-state index in [1.165, 1.54) is 6.07 Å². The highest BCUT2D eigenvalue weighted by Crippen LogP contribution is 2.19. The van der Waals surface area contributed by atoms with Crippen LogP contribution in [0, 0.1) is 0 Å². The van der Waals surface area contributed by atoms with Gasteiger partial charge in [0.15, 0.2) is 0 Å². The molecule has 1 aromatic carbocycles. The fourth-order valence-corrected chi connectivity index (χ4v) is 1.52. The highest BCUT2D eigenvalue weighted by Gasteiger charge is 2.10. The topological polar surface area (TPSA) is 78.6 Å². The summed E-state index contributed by atoms with van der Waals surface area (Å²) in [5, 5.41) is 12.2. The summed E-state index contributed by atoms with van der Waals surface area (Å²) in [5.41, 5.74) is 7.04. The number of nitrogens with one attached hydrogen (secondary N) is 1. The monoisotopic (exact) mass is 251 g/mol. The summed E-state index contributed by atoms with van der Waals surface area (Å²) in [4.78, 5) is 13.2. The molecule has 0 aliphatic rings. The summed E-state index contributed by atoms with van der Waals surface area (Å²) in [6.07, 6.45) is 0. The van der Waals surface area contributed by atoms with Crippen molar-refractivity contribution in [1.82, 2.24) is 4.90 Å². The van der Waals surface area contributed by atoms with E-state index in [2.05, 4.69) is 24.1 Å². The number of carboxylic acid groups (broad SMARTS) is 1. The smallest absolute Gasteiger partial charge is 0.337 e. The second-order valence-electron chi connectivity index (χ2n) is 4.61. The molecule has 0 aliphatic carbocycles. The zero-order valence-corrected chi connectivity index (χ0v) is 11.1. The third-order valence-corrected chi connectivity index (χ3v) is 2.94. The van der Waals surface area contributed by atoms with Gasteiger partial charge in [0.2, 0.25) is 0 Å². The number of carbonyl (C=O) groups is 1. The maximum atomic E-state index is 11.0. The van der Waals surface area contributed by atoms with Crippen molar-refractivity contribution in [3.63, 3.8) is 0 Å². The zero-order valence-electron chi connectivity index (χ0n) is 11.1. The highest BCUT2D eigenvalue weighted by molar-refractivity contribution is 5.95. The van der Waals surface area contributed by atoms with Gasteiger partial charge in [0, 0.05) is 24.8 Å². The van der Waals surface area contributed by atoms with Crippen LogP contribution in [0.5, 0.6) is 0 Å². The molecule has 5 nitrogen and oxygen atoms in total. The Morgan fingerprint density at radius 3 is 2.72 bits per heavy atom. The van der Waals surface area contributed by atoms with Crippen LogP contribution in [0.2, 0.25) is 0 Å². The largest absolute Gasteiger partial charge is 0.478 e. The molecule has 0 saturated carbocycles. The maximum absolute atomic E-state index is 11.0. The second kappa shape index (κ2) is 6.26. The number of hydrogen-bond acceptors (Lipinski definition) is 4. The maximum Gasteiger partial charge on any atom is 0.337 e. The van der Waals surface area contributed by atoms with Crippen molar-refractivity contribution < 1.29 is 9.90 Å². The zero-order chi connectivity index (χ0) is 13.7. The molecule has 0 spiro atoms. The van der Waals surface area contributed by atoms with Gasteiger partial charge in [-0.05, 0) is 39.1 Å². The third kappa shape index (κ3) is 3.92. The first kappa shape index (κ1) is 14.3. The van der Waals surface area contributed by atoms with Crippen LogP contribution in [0.4, 0.5) is 11.4 Å². The van der Waals surface area contributed by atoms with Gasteiger partial charge in [0.25, 0.3) is 0 Å². The van der Waals surface area contributed by atoms with E-state index in [1.54, 1.807) is 12.1 Å². The lowest BCUT2D eigenvalue weighted by molar-refractivity contribution is 0.0698. The first-order valence-corrected chi connectivity index (χ1v) is 5.98. The van der Waals surface area contributed by atoms with Gasteiger partial charge < -0.3 is 21.1 Å². The van der Waals surface area contributed by atoms with E-state index in [0.29, 0.717) is 24.0 Å². The molecule has 5 heteroatoms. The number of carboxylic acids is 1. The average Bonchev–Trinajstić information content (AvgIpc) is 2.28. The number of likely N-dealkylation sites (N-methyl/N-ethyl adjacent to an activating group) is 1. The minimum atomic E-state index is -0.949. The van der Waals surface area contributed by atoms with Gasteiger partial charge in [-0.1, -0.05) is 0 Å². The van der Waals surface area contributed by atoms with Crippen LogP contribution >= 0.6 is 0 Å². The summed E-state index contributed by atoms with van der Waals surface area (Å²) < 4.78 is 0. The van der Waals surface area contributed by atoms with Crippen molar-refractivity contribution in [2.45, 2.75) is 19.9 Å². The minimum absolute atomic E-state index is 0.247. The summed E-state index contributed by atoms with van der Waals surface area (Å²) in [7, 11) is 2.03. The van der Waals surface area contributed by atoms with Gasteiger partial charge in [-0.15, -0.1) is 0 Å². The van der Waals surface area contributed by atoms with Crippen LogP contribution in [0.15, 0.2) is 18.2 Å². The Hall–Kier alpha value is -1.75.